The Morgan fingerprint density at radius 2 is 2.00 bits per heavy atom. The van der Waals surface area contributed by atoms with Crippen LogP contribution in [0.1, 0.15) is 66.6 Å². The molecule has 0 bridgehead atoms. The molecule has 0 aromatic carbocycles. The smallest absolute Gasteiger partial charge is 0.220 e. The van der Waals surface area contributed by atoms with Crippen LogP contribution in [0.2, 0.25) is 0 Å². The summed E-state index contributed by atoms with van der Waals surface area (Å²) in [5.74, 6) is 3.01. The van der Waals surface area contributed by atoms with Crippen LogP contribution in [0, 0.1) is 13.8 Å². The van der Waals surface area contributed by atoms with Gasteiger partial charge in [-0.1, -0.05) is 0 Å². The van der Waals surface area contributed by atoms with Gasteiger partial charge >= 0.3 is 0 Å². The van der Waals surface area contributed by atoms with Crippen LogP contribution >= 0.6 is 0 Å². The maximum Gasteiger partial charge on any atom is 0.220 e. The highest BCUT2D eigenvalue weighted by Gasteiger charge is 2.31. The number of amides is 1. The van der Waals surface area contributed by atoms with Gasteiger partial charge in [-0.25, -0.2) is 0 Å². The van der Waals surface area contributed by atoms with Crippen LogP contribution < -0.4 is 5.32 Å². The summed E-state index contributed by atoms with van der Waals surface area (Å²) in [6.07, 6.45) is 6.55. The largest absolute Gasteiger partial charge is 0.353 e. The molecule has 1 aliphatic heterocycles. The molecule has 1 amide bonds. The molecule has 0 radical (unpaired) electrons. The molecule has 1 N–H and O–H groups in total. The molecule has 2 aliphatic rings. The second kappa shape index (κ2) is 6.85. The molecule has 1 saturated carbocycles. The van der Waals surface area contributed by atoms with Gasteiger partial charge in [-0.2, -0.15) is 5.10 Å². The minimum absolute atomic E-state index is 0.137. The van der Waals surface area contributed by atoms with Crippen LogP contribution in [0.3, 0.4) is 0 Å². The van der Waals surface area contributed by atoms with E-state index < -0.39 is 0 Å². The second-order valence-electron chi connectivity index (χ2n) is 7.77. The average Bonchev–Trinajstić information content (AvgIpc) is 3.36. The second-order valence-corrected chi connectivity index (χ2v) is 7.77. The lowest BCUT2D eigenvalue weighted by Crippen LogP contribution is -2.35. The van der Waals surface area contributed by atoms with Crippen molar-refractivity contribution < 1.29 is 4.79 Å². The average molecular weight is 356 g/mol. The molecule has 1 fully saturated rings. The summed E-state index contributed by atoms with van der Waals surface area (Å²) in [6, 6.07) is 0.229. The molecule has 26 heavy (non-hydrogen) atoms. The van der Waals surface area contributed by atoms with Crippen LogP contribution in [0.25, 0.3) is 0 Å². The van der Waals surface area contributed by atoms with Gasteiger partial charge in [0.05, 0.1) is 5.69 Å². The van der Waals surface area contributed by atoms with Crippen molar-refractivity contribution in [3.05, 3.63) is 28.6 Å². The van der Waals surface area contributed by atoms with E-state index in [1.807, 2.05) is 18.7 Å². The molecule has 4 rings (SSSR count). The SMILES string of the molecule is Cc1nn(C)c(C)c1CCC(=O)NC1CCc2nnc(C3CC3)n2CC1. The van der Waals surface area contributed by atoms with E-state index >= 15 is 0 Å². The van der Waals surface area contributed by atoms with Gasteiger partial charge in [-0.3, -0.25) is 9.48 Å². The van der Waals surface area contributed by atoms with E-state index in [0.717, 1.165) is 55.3 Å². The molecule has 0 saturated heterocycles. The van der Waals surface area contributed by atoms with E-state index in [1.54, 1.807) is 0 Å². The summed E-state index contributed by atoms with van der Waals surface area (Å²) in [6.45, 7) is 4.99. The quantitative estimate of drug-likeness (QED) is 0.888. The van der Waals surface area contributed by atoms with Crippen molar-refractivity contribution >= 4 is 5.91 Å². The van der Waals surface area contributed by atoms with Crippen LogP contribution in [0.4, 0.5) is 0 Å². The van der Waals surface area contributed by atoms with Crippen LogP contribution in [-0.2, 0) is 31.2 Å². The zero-order valence-electron chi connectivity index (χ0n) is 16.0. The first-order valence-electron chi connectivity index (χ1n) is 9.73. The van der Waals surface area contributed by atoms with Crippen molar-refractivity contribution in [1.82, 2.24) is 29.9 Å². The van der Waals surface area contributed by atoms with Gasteiger partial charge in [0.15, 0.2) is 0 Å². The van der Waals surface area contributed by atoms with Crippen molar-refractivity contribution in [2.24, 2.45) is 7.05 Å². The molecule has 0 spiro atoms. The van der Waals surface area contributed by atoms with Gasteiger partial charge in [-0.15, -0.1) is 10.2 Å². The fraction of sp³-hybridized carbons (Fsp3) is 0.684. The van der Waals surface area contributed by atoms with Crippen LogP contribution in [-0.4, -0.2) is 36.5 Å². The lowest BCUT2D eigenvalue weighted by atomic mass is 10.1. The standard InChI is InChI=1S/C19H28N6O/c1-12-16(13(2)24(3)23-12)7-9-18(26)20-15-6-8-17-21-22-19(14-4-5-14)25(17)11-10-15/h14-15H,4-11H2,1-3H3,(H,20,26). The predicted octanol–water partition coefficient (Wildman–Crippen LogP) is 1.96. The Kier molecular flexibility index (Phi) is 4.54. The van der Waals surface area contributed by atoms with E-state index in [0.29, 0.717) is 12.3 Å². The number of carbonyl (C=O) groups is 1. The Hall–Kier alpha value is -2.18. The summed E-state index contributed by atoms with van der Waals surface area (Å²) < 4.78 is 4.19. The van der Waals surface area contributed by atoms with Crippen LogP contribution in [0.15, 0.2) is 0 Å². The third-order valence-electron chi connectivity index (χ3n) is 5.84. The number of aryl methyl sites for hydroxylation is 3. The Balaban J connectivity index is 1.31. The number of nitrogens with one attached hydrogen (secondary N) is 1. The van der Waals surface area contributed by atoms with Crippen molar-refractivity contribution in [2.75, 3.05) is 0 Å². The van der Waals surface area contributed by atoms with Gasteiger partial charge < -0.3 is 9.88 Å². The van der Waals surface area contributed by atoms with Gasteiger partial charge in [-0.05, 0) is 51.5 Å². The zero-order valence-corrected chi connectivity index (χ0v) is 16.0. The number of hydrogen-bond acceptors (Lipinski definition) is 4. The van der Waals surface area contributed by atoms with Gasteiger partial charge in [0.25, 0.3) is 0 Å². The van der Waals surface area contributed by atoms with Crippen molar-refractivity contribution in [3.63, 3.8) is 0 Å². The van der Waals surface area contributed by atoms with Crippen molar-refractivity contribution in [2.45, 2.75) is 77.3 Å². The van der Waals surface area contributed by atoms with E-state index in [-0.39, 0.29) is 11.9 Å². The first-order valence-corrected chi connectivity index (χ1v) is 9.73. The summed E-state index contributed by atoms with van der Waals surface area (Å²) in [7, 11) is 1.95. The molecule has 140 valence electrons. The number of nitrogens with zero attached hydrogens (tertiary/aromatic N) is 5. The van der Waals surface area contributed by atoms with Gasteiger partial charge in [0, 0.05) is 44.1 Å². The maximum atomic E-state index is 12.4. The Bertz CT molecular complexity index is 816. The minimum atomic E-state index is 0.137. The first-order chi connectivity index (χ1) is 12.5. The number of fused-ring (bicyclic) bond motifs is 1. The number of hydrogen-bond donors (Lipinski definition) is 1. The number of rotatable bonds is 5. The fourth-order valence-corrected chi connectivity index (χ4v) is 4.02. The fourth-order valence-electron chi connectivity index (χ4n) is 4.02. The molecular formula is C19H28N6O. The zero-order chi connectivity index (χ0) is 18.3. The highest BCUT2D eigenvalue weighted by Crippen LogP contribution is 2.39. The highest BCUT2D eigenvalue weighted by molar-refractivity contribution is 5.76. The Morgan fingerprint density at radius 3 is 2.69 bits per heavy atom. The lowest BCUT2D eigenvalue weighted by Gasteiger charge is -2.16. The third-order valence-corrected chi connectivity index (χ3v) is 5.84. The van der Waals surface area contributed by atoms with E-state index in [9.17, 15) is 4.79 Å². The highest BCUT2D eigenvalue weighted by atomic mass is 16.1. The monoisotopic (exact) mass is 356 g/mol. The molecule has 1 aliphatic carbocycles. The molecule has 1 atom stereocenters. The van der Waals surface area contributed by atoms with Crippen molar-refractivity contribution in [3.8, 4) is 0 Å². The Morgan fingerprint density at radius 1 is 1.19 bits per heavy atom. The molecule has 2 aromatic heterocycles. The minimum Gasteiger partial charge on any atom is -0.353 e. The lowest BCUT2D eigenvalue weighted by molar-refractivity contribution is -0.121. The topological polar surface area (TPSA) is 77.6 Å². The summed E-state index contributed by atoms with van der Waals surface area (Å²) >= 11 is 0. The number of carbonyl (C=O) groups excluding carboxylic acids is 1. The Labute approximate surface area is 154 Å². The van der Waals surface area contributed by atoms with Crippen LogP contribution in [0.5, 0.6) is 0 Å². The molecular weight excluding hydrogens is 328 g/mol. The van der Waals surface area contributed by atoms with Crippen molar-refractivity contribution in [1.29, 1.82) is 0 Å². The summed E-state index contributed by atoms with van der Waals surface area (Å²) in [5.41, 5.74) is 3.37. The third kappa shape index (κ3) is 3.39. The van der Waals surface area contributed by atoms with Gasteiger partial charge in [0.2, 0.25) is 5.91 Å². The summed E-state index contributed by atoms with van der Waals surface area (Å²) in [4.78, 5) is 12.4. The first kappa shape index (κ1) is 17.2. The number of aromatic nitrogens is 5. The molecule has 7 heteroatoms. The van der Waals surface area contributed by atoms with E-state index in [4.69, 9.17) is 0 Å². The molecule has 2 aromatic rings. The summed E-state index contributed by atoms with van der Waals surface area (Å²) in [5, 5.41) is 16.4. The molecule has 3 heterocycles. The molecule has 1 unspecified atom stereocenters. The maximum absolute atomic E-state index is 12.4. The normalized spacial score (nSPS) is 19.9. The van der Waals surface area contributed by atoms with E-state index in [2.05, 4.69) is 32.1 Å². The molecule has 7 nitrogen and oxygen atoms in total. The van der Waals surface area contributed by atoms with E-state index in [1.165, 1.54) is 18.4 Å². The predicted molar refractivity (Wildman–Crippen MR) is 97.9 cm³/mol. The van der Waals surface area contributed by atoms with Gasteiger partial charge in [0.1, 0.15) is 11.6 Å².